The molecule has 1 N–H and O–H groups in total. The maximum atomic E-state index is 5.41. The Morgan fingerprint density at radius 1 is 1.11 bits per heavy atom. The molecule has 0 radical (unpaired) electrons. The van der Waals surface area contributed by atoms with Crippen molar-refractivity contribution in [3.8, 4) is 5.88 Å². The summed E-state index contributed by atoms with van der Waals surface area (Å²) in [6, 6.07) is 0. The average Bonchev–Trinajstić information content (AvgIpc) is 2.44. The number of methoxy groups -OCH3 is 1. The first kappa shape index (κ1) is 15.8. The van der Waals surface area contributed by atoms with Crippen molar-refractivity contribution in [2.24, 2.45) is 0 Å². The van der Waals surface area contributed by atoms with Crippen molar-refractivity contribution in [1.82, 2.24) is 15.3 Å². The number of aromatic nitrogens is 2. The second kappa shape index (κ2) is 10.7. The fourth-order valence-corrected chi connectivity index (χ4v) is 1.35. The molecule has 0 aliphatic rings. The number of hydrogen-bond donors (Lipinski definition) is 1. The Morgan fingerprint density at radius 3 is 2.63 bits per heavy atom. The third kappa shape index (κ3) is 7.71. The van der Waals surface area contributed by atoms with Gasteiger partial charge in [0.05, 0.1) is 37.9 Å². The van der Waals surface area contributed by atoms with Crippen LogP contribution in [0.1, 0.15) is 19.0 Å². The summed E-state index contributed by atoms with van der Waals surface area (Å²) in [5.41, 5.74) is 0.914. The second-order valence-electron chi connectivity index (χ2n) is 3.98. The van der Waals surface area contributed by atoms with E-state index in [4.69, 9.17) is 14.2 Å². The van der Waals surface area contributed by atoms with Gasteiger partial charge in [-0.05, 0) is 13.0 Å². The Morgan fingerprint density at radius 2 is 1.95 bits per heavy atom. The van der Waals surface area contributed by atoms with Crippen LogP contribution in [0.2, 0.25) is 0 Å². The highest BCUT2D eigenvalue weighted by atomic mass is 16.5. The Kier molecular flexibility index (Phi) is 8.87. The number of nitrogens with zero attached hydrogens (tertiary/aromatic N) is 2. The van der Waals surface area contributed by atoms with Gasteiger partial charge in [0, 0.05) is 13.7 Å². The lowest BCUT2D eigenvalue weighted by molar-refractivity contribution is 0.0536. The molecule has 0 bridgehead atoms. The van der Waals surface area contributed by atoms with Crippen LogP contribution in [0.3, 0.4) is 0 Å². The van der Waals surface area contributed by atoms with Gasteiger partial charge in [0.1, 0.15) is 6.61 Å². The van der Waals surface area contributed by atoms with Crippen molar-refractivity contribution in [2.45, 2.75) is 19.9 Å². The van der Waals surface area contributed by atoms with Crippen molar-refractivity contribution >= 4 is 0 Å². The zero-order valence-corrected chi connectivity index (χ0v) is 11.7. The molecule has 1 rings (SSSR count). The first-order chi connectivity index (χ1) is 9.36. The van der Waals surface area contributed by atoms with Gasteiger partial charge in [-0.25, -0.2) is 4.98 Å². The number of rotatable bonds is 11. The van der Waals surface area contributed by atoms with Gasteiger partial charge in [0.2, 0.25) is 5.88 Å². The SMILES string of the molecule is CCCNCc1cnc(OCCOCCOC)cn1. The summed E-state index contributed by atoms with van der Waals surface area (Å²) in [5, 5.41) is 3.27. The fourth-order valence-electron chi connectivity index (χ4n) is 1.35. The summed E-state index contributed by atoms with van der Waals surface area (Å²) >= 11 is 0. The summed E-state index contributed by atoms with van der Waals surface area (Å²) < 4.78 is 15.5. The molecule has 0 atom stereocenters. The highest BCUT2D eigenvalue weighted by molar-refractivity contribution is 5.07. The molecule has 0 unspecified atom stereocenters. The lowest BCUT2D eigenvalue weighted by atomic mass is 10.4. The molecule has 0 saturated carbocycles. The molecular formula is C13H23N3O3. The Labute approximate surface area is 114 Å². The van der Waals surface area contributed by atoms with Gasteiger partial charge >= 0.3 is 0 Å². The van der Waals surface area contributed by atoms with E-state index in [1.807, 2.05) is 0 Å². The van der Waals surface area contributed by atoms with Crippen LogP contribution in [0, 0.1) is 0 Å². The zero-order valence-electron chi connectivity index (χ0n) is 11.7. The van der Waals surface area contributed by atoms with Gasteiger partial charge in [-0.3, -0.25) is 4.98 Å². The molecule has 0 fully saturated rings. The minimum atomic E-state index is 0.464. The standard InChI is InChI=1S/C13H23N3O3/c1-3-4-14-9-12-10-16-13(11-15-12)19-8-7-18-6-5-17-2/h10-11,14H,3-9H2,1-2H3. The van der Waals surface area contributed by atoms with E-state index in [9.17, 15) is 0 Å². The summed E-state index contributed by atoms with van der Waals surface area (Å²) in [7, 11) is 1.65. The van der Waals surface area contributed by atoms with E-state index < -0.39 is 0 Å². The third-order valence-electron chi connectivity index (χ3n) is 2.32. The van der Waals surface area contributed by atoms with Gasteiger partial charge in [0.15, 0.2) is 0 Å². The predicted molar refractivity (Wildman–Crippen MR) is 72.2 cm³/mol. The fraction of sp³-hybridized carbons (Fsp3) is 0.692. The normalized spacial score (nSPS) is 10.6. The molecule has 0 amide bonds. The van der Waals surface area contributed by atoms with E-state index in [1.165, 1.54) is 0 Å². The Balaban J connectivity index is 2.13. The van der Waals surface area contributed by atoms with Crippen LogP contribution < -0.4 is 10.1 Å². The quantitative estimate of drug-likeness (QED) is 0.605. The highest BCUT2D eigenvalue weighted by Crippen LogP contribution is 2.03. The van der Waals surface area contributed by atoms with Crippen LogP contribution in [0.25, 0.3) is 0 Å². The topological polar surface area (TPSA) is 65.5 Å². The molecule has 1 aromatic heterocycles. The summed E-state index contributed by atoms with van der Waals surface area (Å²) in [4.78, 5) is 8.45. The van der Waals surface area contributed by atoms with E-state index >= 15 is 0 Å². The third-order valence-corrected chi connectivity index (χ3v) is 2.32. The molecule has 6 heteroatoms. The van der Waals surface area contributed by atoms with E-state index in [2.05, 4.69) is 22.2 Å². The molecule has 0 spiro atoms. The van der Waals surface area contributed by atoms with Crippen molar-refractivity contribution in [3.05, 3.63) is 18.1 Å². The summed E-state index contributed by atoms with van der Waals surface area (Å²) in [6.07, 6.45) is 4.47. The Hall–Kier alpha value is -1.24. The average molecular weight is 269 g/mol. The Bertz CT molecular complexity index is 319. The smallest absolute Gasteiger partial charge is 0.232 e. The summed E-state index contributed by atoms with van der Waals surface area (Å²) in [5.74, 6) is 0.523. The zero-order chi connectivity index (χ0) is 13.8. The molecule has 1 aromatic rings. The van der Waals surface area contributed by atoms with Crippen LogP contribution >= 0.6 is 0 Å². The van der Waals surface area contributed by atoms with Gasteiger partial charge in [-0.15, -0.1) is 0 Å². The molecule has 0 aliphatic heterocycles. The number of hydrogen-bond acceptors (Lipinski definition) is 6. The van der Waals surface area contributed by atoms with Gasteiger partial charge in [-0.1, -0.05) is 6.92 Å². The molecule has 108 valence electrons. The van der Waals surface area contributed by atoms with Crippen LogP contribution in [0.4, 0.5) is 0 Å². The second-order valence-corrected chi connectivity index (χ2v) is 3.98. The van der Waals surface area contributed by atoms with E-state index in [-0.39, 0.29) is 0 Å². The molecule has 1 heterocycles. The molecule has 0 aromatic carbocycles. The monoisotopic (exact) mass is 269 g/mol. The van der Waals surface area contributed by atoms with Crippen molar-refractivity contribution in [2.75, 3.05) is 40.1 Å². The first-order valence-corrected chi connectivity index (χ1v) is 6.58. The van der Waals surface area contributed by atoms with Gasteiger partial charge < -0.3 is 19.5 Å². The lowest BCUT2D eigenvalue weighted by Crippen LogP contribution is -2.15. The maximum Gasteiger partial charge on any atom is 0.232 e. The highest BCUT2D eigenvalue weighted by Gasteiger charge is 1.98. The molecule has 19 heavy (non-hydrogen) atoms. The van der Waals surface area contributed by atoms with Crippen molar-refractivity contribution < 1.29 is 14.2 Å². The maximum absolute atomic E-state index is 5.41. The summed E-state index contributed by atoms with van der Waals surface area (Å²) in [6.45, 7) is 6.01. The van der Waals surface area contributed by atoms with E-state index in [1.54, 1.807) is 19.5 Å². The van der Waals surface area contributed by atoms with Crippen LogP contribution in [-0.4, -0.2) is 50.1 Å². The van der Waals surface area contributed by atoms with Gasteiger partial charge in [0.25, 0.3) is 0 Å². The molecule has 0 aliphatic carbocycles. The minimum absolute atomic E-state index is 0.464. The van der Waals surface area contributed by atoms with Gasteiger partial charge in [-0.2, -0.15) is 0 Å². The number of nitrogens with one attached hydrogen (secondary N) is 1. The van der Waals surface area contributed by atoms with Crippen LogP contribution in [0.15, 0.2) is 12.4 Å². The predicted octanol–water partition coefficient (Wildman–Crippen LogP) is 1.02. The molecule has 0 saturated heterocycles. The van der Waals surface area contributed by atoms with Crippen LogP contribution in [-0.2, 0) is 16.0 Å². The lowest BCUT2D eigenvalue weighted by Gasteiger charge is -2.07. The van der Waals surface area contributed by atoms with E-state index in [0.717, 1.165) is 25.2 Å². The molecule has 6 nitrogen and oxygen atoms in total. The minimum Gasteiger partial charge on any atom is -0.474 e. The van der Waals surface area contributed by atoms with E-state index in [0.29, 0.717) is 32.3 Å². The first-order valence-electron chi connectivity index (χ1n) is 6.58. The molecular weight excluding hydrogens is 246 g/mol. The van der Waals surface area contributed by atoms with Crippen molar-refractivity contribution in [3.63, 3.8) is 0 Å². The van der Waals surface area contributed by atoms with Crippen LogP contribution in [0.5, 0.6) is 5.88 Å². The number of ether oxygens (including phenoxy) is 3. The largest absolute Gasteiger partial charge is 0.474 e. The van der Waals surface area contributed by atoms with Crippen molar-refractivity contribution in [1.29, 1.82) is 0 Å².